The van der Waals surface area contributed by atoms with Crippen LogP contribution >= 0.6 is 0 Å². The van der Waals surface area contributed by atoms with Gasteiger partial charge in [0.25, 0.3) is 11.8 Å². The van der Waals surface area contributed by atoms with Crippen LogP contribution in [0.25, 0.3) is 0 Å². The minimum Gasteiger partial charge on any atom is -0.472 e. The van der Waals surface area contributed by atoms with Crippen molar-refractivity contribution in [2.75, 3.05) is 26.7 Å². The molecule has 4 rings (SSSR count). The Hall–Kier alpha value is -3.44. The molecule has 35 heavy (non-hydrogen) atoms. The minimum atomic E-state index is -0.472. The van der Waals surface area contributed by atoms with Crippen molar-refractivity contribution in [1.29, 1.82) is 0 Å². The van der Waals surface area contributed by atoms with Crippen LogP contribution in [-0.4, -0.2) is 70.6 Å². The Morgan fingerprint density at radius 1 is 1.34 bits per heavy atom. The molecular formula is C27H30FN3O4. The first-order valence-electron chi connectivity index (χ1n) is 11.9. The zero-order chi connectivity index (χ0) is 25.1. The zero-order valence-electron chi connectivity index (χ0n) is 20.2. The molecule has 8 heteroatoms. The standard InChI is InChI=1S/C27H30FN3O4/c1-17-14-31(18(2)16-32)27(34)23-12-20(7-6-19-4-5-19)13-29-25(23)35-24(17)15-30(3)26(33)21-8-10-22(28)11-9-21/h8-13,17-19,24,32H,4-5,14-16H2,1-3H3/t17-,18-,24-/m1/s1. The SMILES string of the molecule is C[C@@H]1CN([C@H](C)CO)C(=O)c2cc(C#CC3CC3)cnc2O[C@@H]1CN(C)C(=O)c1ccc(F)cc1. The van der Waals surface area contributed by atoms with Gasteiger partial charge < -0.3 is 19.6 Å². The minimum absolute atomic E-state index is 0.166. The van der Waals surface area contributed by atoms with E-state index in [0.29, 0.717) is 23.6 Å². The third-order valence-corrected chi connectivity index (χ3v) is 6.41. The van der Waals surface area contributed by atoms with Crippen LogP contribution in [0.2, 0.25) is 0 Å². The lowest BCUT2D eigenvalue weighted by Crippen LogP contribution is -2.50. The van der Waals surface area contributed by atoms with Crippen LogP contribution in [0, 0.1) is 29.5 Å². The second-order valence-corrected chi connectivity index (χ2v) is 9.44. The van der Waals surface area contributed by atoms with Crippen molar-refractivity contribution in [2.45, 2.75) is 38.8 Å². The monoisotopic (exact) mass is 479 g/mol. The number of benzene rings is 1. The first kappa shape index (κ1) is 24.7. The average Bonchev–Trinajstić information content (AvgIpc) is 3.69. The van der Waals surface area contributed by atoms with E-state index in [0.717, 1.165) is 12.8 Å². The van der Waals surface area contributed by atoms with Crippen molar-refractivity contribution < 1.29 is 23.8 Å². The van der Waals surface area contributed by atoms with E-state index in [2.05, 4.69) is 16.8 Å². The number of aromatic nitrogens is 1. The molecule has 3 atom stereocenters. The Kier molecular flexibility index (Phi) is 7.37. The number of halogens is 1. The molecule has 184 valence electrons. The van der Waals surface area contributed by atoms with E-state index in [9.17, 15) is 19.1 Å². The summed E-state index contributed by atoms with van der Waals surface area (Å²) in [7, 11) is 1.66. The van der Waals surface area contributed by atoms with E-state index in [1.165, 1.54) is 29.2 Å². The summed E-state index contributed by atoms with van der Waals surface area (Å²) in [6.07, 6.45) is 3.32. The van der Waals surface area contributed by atoms with Gasteiger partial charge in [0.2, 0.25) is 5.88 Å². The summed E-state index contributed by atoms with van der Waals surface area (Å²) in [6.45, 7) is 4.11. The molecule has 2 aliphatic rings. The molecule has 0 bridgehead atoms. The molecule has 1 N–H and O–H groups in total. The number of rotatable bonds is 5. The predicted octanol–water partition coefficient (Wildman–Crippen LogP) is 2.97. The molecule has 2 aromatic rings. The largest absolute Gasteiger partial charge is 0.472 e. The average molecular weight is 480 g/mol. The van der Waals surface area contributed by atoms with Gasteiger partial charge in [-0.25, -0.2) is 9.37 Å². The van der Waals surface area contributed by atoms with Crippen molar-refractivity contribution in [3.05, 3.63) is 59.0 Å². The Balaban J connectivity index is 1.62. The molecule has 7 nitrogen and oxygen atoms in total. The summed E-state index contributed by atoms with van der Waals surface area (Å²) in [5.74, 6) is 5.75. The summed E-state index contributed by atoms with van der Waals surface area (Å²) < 4.78 is 19.5. The maximum Gasteiger partial charge on any atom is 0.259 e. The van der Waals surface area contributed by atoms with Crippen molar-refractivity contribution in [3.8, 4) is 17.7 Å². The number of hydrogen-bond acceptors (Lipinski definition) is 5. The quantitative estimate of drug-likeness (QED) is 0.667. The van der Waals surface area contributed by atoms with Crippen LogP contribution < -0.4 is 4.74 Å². The van der Waals surface area contributed by atoms with Gasteiger partial charge in [0.1, 0.15) is 17.5 Å². The third-order valence-electron chi connectivity index (χ3n) is 6.41. The van der Waals surface area contributed by atoms with Gasteiger partial charge in [-0.05, 0) is 50.1 Å². The topological polar surface area (TPSA) is 83.0 Å². The summed E-state index contributed by atoms with van der Waals surface area (Å²) >= 11 is 0. The number of aliphatic hydroxyl groups excluding tert-OH is 1. The normalized spacial score (nSPS) is 20.5. The third kappa shape index (κ3) is 5.80. The van der Waals surface area contributed by atoms with Gasteiger partial charge in [0.05, 0.1) is 19.2 Å². The Morgan fingerprint density at radius 2 is 2.06 bits per heavy atom. The van der Waals surface area contributed by atoms with Crippen LogP contribution in [0.1, 0.15) is 53.0 Å². The van der Waals surface area contributed by atoms with Crippen LogP contribution in [0.3, 0.4) is 0 Å². The maximum absolute atomic E-state index is 13.4. The molecule has 1 aromatic carbocycles. The van der Waals surface area contributed by atoms with E-state index in [1.54, 1.807) is 31.1 Å². The van der Waals surface area contributed by atoms with Crippen molar-refractivity contribution >= 4 is 11.8 Å². The number of carbonyl (C=O) groups is 2. The lowest BCUT2D eigenvalue weighted by atomic mass is 9.99. The summed E-state index contributed by atoms with van der Waals surface area (Å²) in [5.41, 5.74) is 1.30. The van der Waals surface area contributed by atoms with Crippen LogP contribution in [0.5, 0.6) is 5.88 Å². The van der Waals surface area contributed by atoms with Crippen molar-refractivity contribution in [3.63, 3.8) is 0 Å². The van der Waals surface area contributed by atoms with Gasteiger partial charge >= 0.3 is 0 Å². The Bertz CT molecular complexity index is 1150. The molecule has 0 radical (unpaired) electrons. The summed E-state index contributed by atoms with van der Waals surface area (Å²) in [5, 5.41) is 9.80. The number of carbonyl (C=O) groups excluding carboxylic acids is 2. The lowest BCUT2D eigenvalue weighted by molar-refractivity contribution is 0.0313. The number of amides is 2. The Labute approximate surface area is 204 Å². The van der Waals surface area contributed by atoms with Gasteiger partial charge in [-0.2, -0.15) is 0 Å². The molecule has 0 unspecified atom stereocenters. The zero-order valence-corrected chi connectivity index (χ0v) is 20.2. The van der Waals surface area contributed by atoms with E-state index < -0.39 is 18.0 Å². The molecule has 0 saturated heterocycles. The number of ether oxygens (including phenoxy) is 1. The molecule has 2 heterocycles. The second-order valence-electron chi connectivity index (χ2n) is 9.44. The number of aliphatic hydroxyl groups is 1. The van der Waals surface area contributed by atoms with E-state index >= 15 is 0 Å². The molecule has 2 amide bonds. The molecular weight excluding hydrogens is 449 g/mol. The highest BCUT2D eigenvalue weighted by molar-refractivity contribution is 5.97. The molecule has 1 aliphatic heterocycles. The Morgan fingerprint density at radius 3 is 2.71 bits per heavy atom. The highest BCUT2D eigenvalue weighted by atomic mass is 19.1. The first-order valence-corrected chi connectivity index (χ1v) is 11.9. The molecule has 0 spiro atoms. The number of likely N-dealkylation sites (N-methyl/N-ethyl adjacent to an activating group) is 1. The van der Waals surface area contributed by atoms with E-state index in [1.807, 2.05) is 6.92 Å². The predicted molar refractivity (Wildman–Crippen MR) is 128 cm³/mol. The molecule has 1 fully saturated rings. The van der Waals surface area contributed by atoms with E-state index in [4.69, 9.17) is 4.74 Å². The van der Waals surface area contributed by atoms with Gasteiger partial charge in [0, 0.05) is 42.8 Å². The van der Waals surface area contributed by atoms with Crippen LogP contribution in [0.4, 0.5) is 4.39 Å². The van der Waals surface area contributed by atoms with Crippen LogP contribution in [0.15, 0.2) is 36.5 Å². The molecule has 1 aliphatic carbocycles. The fourth-order valence-corrected chi connectivity index (χ4v) is 3.97. The fourth-order valence-electron chi connectivity index (χ4n) is 3.97. The summed E-state index contributed by atoms with van der Waals surface area (Å²) in [4.78, 5) is 33.9. The van der Waals surface area contributed by atoms with Crippen LogP contribution in [-0.2, 0) is 0 Å². The molecule has 1 aromatic heterocycles. The number of pyridine rings is 1. The smallest absolute Gasteiger partial charge is 0.259 e. The van der Waals surface area contributed by atoms with E-state index in [-0.39, 0.29) is 42.3 Å². The van der Waals surface area contributed by atoms with Crippen molar-refractivity contribution in [1.82, 2.24) is 14.8 Å². The van der Waals surface area contributed by atoms with Gasteiger partial charge in [-0.3, -0.25) is 9.59 Å². The van der Waals surface area contributed by atoms with Crippen molar-refractivity contribution in [2.24, 2.45) is 11.8 Å². The molecule has 1 saturated carbocycles. The number of nitrogens with zero attached hydrogens (tertiary/aromatic N) is 3. The van der Waals surface area contributed by atoms with Gasteiger partial charge in [-0.15, -0.1) is 0 Å². The fraction of sp³-hybridized carbons (Fsp3) is 0.444. The summed E-state index contributed by atoms with van der Waals surface area (Å²) in [6, 6.07) is 6.68. The number of fused-ring (bicyclic) bond motifs is 1. The number of hydrogen-bond donors (Lipinski definition) is 1. The highest BCUT2D eigenvalue weighted by Crippen LogP contribution is 2.29. The first-order chi connectivity index (χ1) is 16.8. The van der Waals surface area contributed by atoms with Gasteiger partial charge in [0.15, 0.2) is 0 Å². The highest BCUT2D eigenvalue weighted by Gasteiger charge is 2.34. The second kappa shape index (κ2) is 10.4. The lowest BCUT2D eigenvalue weighted by Gasteiger charge is -2.37. The van der Waals surface area contributed by atoms with Gasteiger partial charge in [-0.1, -0.05) is 18.8 Å². The maximum atomic E-state index is 13.4.